The second kappa shape index (κ2) is 7.39. The predicted octanol–water partition coefficient (Wildman–Crippen LogP) is 4.11. The average molecular weight is 367 g/mol. The number of guanidine groups is 1. The number of nitrogens with zero attached hydrogens (tertiary/aromatic N) is 3. The first-order valence-electron chi connectivity index (χ1n) is 10.1. The van der Waals surface area contributed by atoms with Crippen LogP contribution in [0, 0.1) is 0 Å². The van der Waals surface area contributed by atoms with E-state index in [9.17, 15) is 0 Å². The molecule has 0 atom stereocenters. The third-order valence-electron chi connectivity index (χ3n) is 5.84. The molecule has 0 aliphatic carbocycles. The van der Waals surface area contributed by atoms with Crippen molar-refractivity contribution in [1.82, 2.24) is 15.1 Å². The van der Waals surface area contributed by atoms with Crippen LogP contribution in [0.2, 0.25) is 0 Å². The first kappa shape index (κ1) is 18.1. The van der Waals surface area contributed by atoms with E-state index in [-0.39, 0.29) is 0 Å². The topological polar surface area (TPSA) is 40.1 Å². The molecule has 0 aromatic heterocycles. The van der Waals surface area contributed by atoms with E-state index in [4.69, 9.17) is 9.73 Å². The number of methoxy groups -OCH3 is 1. The van der Waals surface area contributed by atoms with Crippen molar-refractivity contribution in [1.29, 1.82) is 0 Å². The quantitative estimate of drug-likeness (QED) is 0.874. The molecule has 3 aliphatic rings. The van der Waals surface area contributed by atoms with Gasteiger partial charge in [-0.3, -0.25) is 4.90 Å². The zero-order valence-corrected chi connectivity index (χ0v) is 16.9. The van der Waals surface area contributed by atoms with E-state index >= 15 is 0 Å². The highest BCUT2D eigenvalue weighted by Crippen LogP contribution is 2.46. The Morgan fingerprint density at radius 2 is 1.93 bits per heavy atom. The highest BCUT2D eigenvalue weighted by molar-refractivity contribution is 6.00. The van der Waals surface area contributed by atoms with Gasteiger partial charge in [0.25, 0.3) is 0 Å². The number of rotatable bonds is 3. The zero-order valence-electron chi connectivity index (χ0n) is 16.9. The second-order valence-corrected chi connectivity index (χ2v) is 7.43. The van der Waals surface area contributed by atoms with Crippen LogP contribution in [0.3, 0.4) is 0 Å². The van der Waals surface area contributed by atoms with Gasteiger partial charge in [-0.15, -0.1) is 0 Å². The third-order valence-corrected chi connectivity index (χ3v) is 5.84. The summed E-state index contributed by atoms with van der Waals surface area (Å²) in [5.41, 5.74) is 7.93. The minimum Gasteiger partial charge on any atom is -0.497 e. The third kappa shape index (κ3) is 3.04. The molecule has 5 heteroatoms. The molecule has 1 saturated heterocycles. The van der Waals surface area contributed by atoms with Crippen LogP contribution in [0.4, 0.5) is 5.69 Å². The Morgan fingerprint density at radius 1 is 1.15 bits per heavy atom. The van der Waals surface area contributed by atoms with Crippen molar-refractivity contribution in [2.75, 3.05) is 33.3 Å². The predicted molar refractivity (Wildman–Crippen MR) is 111 cm³/mol. The Balaban J connectivity index is 1.93. The van der Waals surface area contributed by atoms with Gasteiger partial charge < -0.3 is 15.0 Å². The van der Waals surface area contributed by atoms with Crippen molar-refractivity contribution in [2.45, 2.75) is 40.0 Å². The Labute approximate surface area is 162 Å². The molecule has 1 fully saturated rings. The number of piperazine rings is 1. The van der Waals surface area contributed by atoms with Crippen LogP contribution in [0.25, 0.3) is 5.70 Å². The molecule has 0 spiro atoms. The maximum Gasteiger partial charge on any atom is 0.210 e. The van der Waals surface area contributed by atoms with Crippen molar-refractivity contribution in [3.63, 3.8) is 0 Å². The van der Waals surface area contributed by atoms with E-state index < -0.39 is 0 Å². The van der Waals surface area contributed by atoms with Crippen molar-refractivity contribution < 1.29 is 4.74 Å². The van der Waals surface area contributed by atoms with E-state index in [2.05, 4.69) is 48.0 Å². The van der Waals surface area contributed by atoms with Gasteiger partial charge in [-0.25, -0.2) is 4.99 Å². The fraction of sp³-hybridized carbons (Fsp3) is 0.500. The second-order valence-electron chi connectivity index (χ2n) is 7.43. The van der Waals surface area contributed by atoms with Gasteiger partial charge in [-0.2, -0.15) is 0 Å². The lowest BCUT2D eigenvalue weighted by atomic mass is 9.89. The smallest absolute Gasteiger partial charge is 0.210 e. The number of allylic oxidation sites excluding steroid dienone is 3. The van der Waals surface area contributed by atoms with Gasteiger partial charge in [0.2, 0.25) is 5.96 Å². The standard InChI is InChI=1S/C22H30N4O/c1-5-16-13-15(3)20(6-2)26-21(16)18-14-17(27-4)7-8-19(18)24-22(26)25-11-9-23-10-12-25/h7-8,14,23H,5-6,9-13H2,1-4H3. The molecule has 5 nitrogen and oxygen atoms in total. The molecule has 1 aromatic rings. The van der Waals surface area contributed by atoms with Crippen LogP contribution in [0.1, 0.15) is 45.6 Å². The lowest BCUT2D eigenvalue weighted by Gasteiger charge is -2.44. The summed E-state index contributed by atoms with van der Waals surface area (Å²) in [7, 11) is 1.73. The van der Waals surface area contributed by atoms with Crippen molar-refractivity contribution in [2.24, 2.45) is 4.99 Å². The molecule has 0 radical (unpaired) electrons. The van der Waals surface area contributed by atoms with Gasteiger partial charge >= 0.3 is 0 Å². The summed E-state index contributed by atoms with van der Waals surface area (Å²) < 4.78 is 5.53. The molecule has 0 saturated carbocycles. The molecular formula is C22H30N4O. The van der Waals surface area contributed by atoms with Gasteiger partial charge in [-0.05, 0) is 55.5 Å². The van der Waals surface area contributed by atoms with Crippen molar-refractivity contribution >= 4 is 17.3 Å². The number of fused-ring (bicyclic) bond motifs is 3. The Morgan fingerprint density at radius 3 is 2.59 bits per heavy atom. The number of nitrogens with one attached hydrogen (secondary N) is 1. The highest BCUT2D eigenvalue weighted by Gasteiger charge is 2.36. The van der Waals surface area contributed by atoms with E-state index in [0.717, 1.165) is 62.8 Å². The number of ether oxygens (including phenoxy) is 1. The van der Waals surface area contributed by atoms with Gasteiger partial charge in [0, 0.05) is 37.4 Å². The molecule has 1 N–H and O–H groups in total. The van der Waals surface area contributed by atoms with Gasteiger partial charge in [0.15, 0.2) is 0 Å². The van der Waals surface area contributed by atoms with Gasteiger partial charge in [-0.1, -0.05) is 13.8 Å². The fourth-order valence-corrected chi connectivity index (χ4v) is 4.44. The number of benzene rings is 1. The Bertz CT molecular complexity index is 831. The SMILES string of the molecule is CCC1=C2c3cc(OC)ccc3N=C(N3CCNCC3)N2C(CC)=C(C)C1. The lowest BCUT2D eigenvalue weighted by Crippen LogP contribution is -2.52. The summed E-state index contributed by atoms with van der Waals surface area (Å²) in [5.74, 6) is 1.98. The largest absolute Gasteiger partial charge is 0.497 e. The summed E-state index contributed by atoms with van der Waals surface area (Å²) in [5, 5.41) is 3.46. The molecule has 27 heavy (non-hydrogen) atoms. The van der Waals surface area contributed by atoms with Crippen molar-refractivity contribution in [3.05, 3.63) is 40.6 Å². The average Bonchev–Trinajstić information content (AvgIpc) is 2.72. The summed E-state index contributed by atoms with van der Waals surface area (Å²) in [6.07, 6.45) is 3.11. The first-order chi connectivity index (χ1) is 13.2. The molecule has 0 amide bonds. The fourth-order valence-electron chi connectivity index (χ4n) is 4.44. The molecular weight excluding hydrogens is 336 g/mol. The van der Waals surface area contributed by atoms with Gasteiger partial charge in [0.1, 0.15) is 5.75 Å². The van der Waals surface area contributed by atoms with Crippen LogP contribution >= 0.6 is 0 Å². The van der Waals surface area contributed by atoms with E-state index in [1.54, 1.807) is 7.11 Å². The monoisotopic (exact) mass is 366 g/mol. The summed E-state index contributed by atoms with van der Waals surface area (Å²) in [4.78, 5) is 10.0. The molecule has 0 bridgehead atoms. The number of hydrogen-bond acceptors (Lipinski definition) is 5. The number of aliphatic imine (C=N–C) groups is 1. The highest BCUT2D eigenvalue weighted by atomic mass is 16.5. The van der Waals surface area contributed by atoms with E-state index in [1.165, 1.54) is 28.1 Å². The van der Waals surface area contributed by atoms with E-state index in [0.29, 0.717) is 0 Å². The first-order valence-corrected chi connectivity index (χ1v) is 10.1. The van der Waals surface area contributed by atoms with Crippen molar-refractivity contribution in [3.8, 4) is 5.75 Å². The number of hydrogen-bond donors (Lipinski definition) is 1. The lowest BCUT2D eigenvalue weighted by molar-refractivity contribution is 0.328. The summed E-state index contributed by atoms with van der Waals surface area (Å²) >= 11 is 0. The van der Waals surface area contributed by atoms with Crippen LogP contribution in [0.5, 0.6) is 5.75 Å². The minimum atomic E-state index is 0.891. The van der Waals surface area contributed by atoms with E-state index in [1.807, 2.05) is 6.07 Å². The molecule has 144 valence electrons. The van der Waals surface area contributed by atoms with Crippen LogP contribution in [-0.4, -0.2) is 49.0 Å². The maximum absolute atomic E-state index is 5.53. The van der Waals surface area contributed by atoms with Gasteiger partial charge in [0.05, 0.1) is 18.5 Å². The molecule has 3 aliphatic heterocycles. The van der Waals surface area contributed by atoms with Crippen LogP contribution < -0.4 is 10.1 Å². The Hall–Kier alpha value is -2.27. The molecule has 0 unspecified atom stereocenters. The summed E-state index contributed by atoms with van der Waals surface area (Å²) in [6.45, 7) is 10.8. The van der Waals surface area contributed by atoms with Crippen LogP contribution in [0.15, 0.2) is 40.0 Å². The zero-order chi connectivity index (χ0) is 19.0. The Kier molecular flexibility index (Phi) is 4.96. The van der Waals surface area contributed by atoms with Crippen LogP contribution in [-0.2, 0) is 0 Å². The normalized spacial score (nSPS) is 19.8. The molecule has 3 heterocycles. The minimum absolute atomic E-state index is 0.891. The maximum atomic E-state index is 5.53. The molecule has 1 aromatic carbocycles. The summed E-state index contributed by atoms with van der Waals surface area (Å²) in [6, 6.07) is 6.27. The molecule has 4 rings (SSSR count).